The number of ether oxygens (including phenoxy) is 1. The van der Waals surface area contributed by atoms with Crippen LogP contribution in [0.3, 0.4) is 0 Å². The lowest BCUT2D eigenvalue weighted by Crippen LogP contribution is -2.24. The molecule has 0 unspecified atom stereocenters. The Morgan fingerprint density at radius 1 is 1.17 bits per heavy atom. The number of halogens is 1. The molecule has 0 aliphatic rings. The van der Waals surface area contributed by atoms with E-state index in [-0.39, 0.29) is 18.1 Å². The first-order valence-corrected chi connectivity index (χ1v) is 6.94. The van der Waals surface area contributed by atoms with Gasteiger partial charge in [-0.3, -0.25) is 0 Å². The van der Waals surface area contributed by atoms with Crippen molar-refractivity contribution in [2.24, 2.45) is 0 Å². The van der Waals surface area contributed by atoms with E-state index < -0.39 is 5.97 Å². The Balaban J connectivity index is 1.64. The van der Waals surface area contributed by atoms with Crippen LogP contribution in [0.2, 0.25) is 5.02 Å². The number of benzene rings is 1. The van der Waals surface area contributed by atoms with E-state index in [4.69, 9.17) is 20.8 Å². The monoisotopic (exact) mass is 331 g/mol. The lowest BCUT2D eigenvalue weighted by molar-refractivity contribution is -0.605. The Morgan fingerprint density at radius 2 is 1.87 bits per heavy atom. The molecule has 23 heavy (non-hydrogen) atoms. The van der Waals surface area contributed by atoms with Crippen LogP contribution in [0, 0.1) is 5.21 Å². The van der Waals surface area contributed by atoms with E-state index in [2.05, 4.69) is 10.2 Å². The van der Waals surface area contributed by atoms with Crippen LogP contribution >= 0.6 is 11.6 Å². The highest BCUT2D eigenvalue weighted by Crippen LogP contribution is 2.20. The predicted octanol–water partition coefficient (Wildman–Crippen LogP) is 2.38. The molecule has 3 rings (SSSR count). The lowest BCUT2D eigenvalue weighted by atomic mass is 10.2. The molecule has 0 radical (unpaired) electrons. The number of pyridine rings is 1. The normalized spacial score (nSPS) is 10.5. The summed E-state index contributed by atoms with van der Waals surface area (Å²) in [4.78, 5) is 11.8. The van der Waals surface area contributed by atoms with Gasteiger partial charge in [-0.1, -0.05) is 11.6 Å². The first-order chi connectivity index (χ1) is 11.1. The van der Waals surface area contributed by atoms with Crippen molar-refractivity contribution in [3.05, 3.63) is 70.5 Å². The van der Waals surface area contributed by atoms with E-state index in [1.165, 1.54) is 24.5 Å². The topological polar surface area (TPSA) is 92.2 Å². The molecule has 8 heteroatoms. The second-order valence-electron chi connectivity index (χ2n) is 4.53. The summed E-state index contributed by atoms with van der Waals surface area (Å²) in [6, 6.07) is 9.63. The highest BCUT2D eigenvalue weighted by atomic mass is 35.5. The first kappa shape index (κ1) is 15.0. The summed E-state index contributed by atoms with van der Waals surface area (Å²) >= 11 is 5.81. The number of aromatic nitrogens is 3. The Kier molecular flexibility index (Phi) is 4.20. The van der Waals surface area contributed by atoms with Crippen molar-refractivity contribution in [1.29, 1.82) is 0 Å². The van der Waals surface area contributed by atoms with Crippen molar-refractivity contribution >= 4 is 17.6 Å². The number of hydrogen-bond donors (Lipinski definition) is 0. The number of carbonyl (C=O) groups is 1. The Labute approximate surface area is 135 Å². The predicted molar refractivity (Wildman–Crippen MR) is 79.3 cm³/mol. The second-order valence-corrected chi connectivity index (χ2v) is 4.97. The molecule has 3 aromatic rings. The minimum atomic E-state index is -0.586. The lowest BCUT2D eigenvalue weighted by Gasteiger charge is -2.01. The van der Waals surface area contributed by atoms with E-state index >= 15 is 0 Å². The summed E-state index contributed by atoms with van der Waals surface area (Å²) < 4.78 is 11.0. The van der Waals surface area contributed by atoms with E-state index in [0.29, 0.717) is 21.2 Å². The van der Waals surface area contributed by atoms with Crippen molar-refractivity contribution in [2.45, 2.75) is 6.61 Å². The van der Waals surface area contributed by atoms with Crippen LogP contribution in [0.4, 0.5) is 0 Å². The molecule has 0 N–H and O–H groups in total. The number of esters is 1. The maximum Gasteiger partial charge on any atom is 0.339 e. The summed E-state index contributed by atoms with van der Waals surface area (Å²) in [6.45, 7) is -0.161. The van der Waals surface area contributed by atoms with Gasteiger partial charge in [-0.2, -0.15) is 4.73 Å². The maximum atomic E-state index is 11.8. The van der Waals surface area contributed by atoms with Crippen LogP contribution in [0.15, 0.2) is 53.2 Å². The van der Waals surface area contributed by atoms with Crippen LogP contribution in [0.1, 0.15) is 16.2 Å². The average Bonchev–Trinajstić information content (AvgIpc) is 3.03. The van der Waals surface area contributed by atoms with Crippen LogP contribution in [-0.2, 0) is 11.3 Å². The van der Waals surface area contributed by atoms with Gasteiger partial charge in [0, 0.05) is 22.7 Å². The minimum Gasteiger partial charge on any atom is -0.619 e. The number of carbonyl (C=O) groups excluding carboxylic acids is 1. The Bertz CT molecular complexity index is 815. The zero-order valence-electron chi connectivity index (χ0n) is 11.7. The third-order valence-corrected chi connectivity index (χ3v) is 3.17. The van der Waals surface area contributed by atoms with Crippen LogP contribution in [-0.4, -0.2) is 16.2 Å². The van der Waals surface area contributed by atoms with E-state index in [0.717, 1.165) is 0 Å². The molecule has 116 valence electrons. The fourth-order valence-corrected chi connectivity index (χ4v) is 1.91. The van der Waals surface area contributed by atoms with Crippen LogP contribution < -0.4 is 4.73 Å². The zero-order valence-corrected chi connectivity index (χ0v) is 12.4. The van der Waals surface area contributed by atoms with Gasteiger partial charge in [0.15, 0.2) is 19.0 Å². The Morgan fingerprint density at radius 3 is 2.57 bits per heavy atom. The molecule has 2 heterocycles. The van der Waals surface area contributed by atoms with Gasteiger partial charge in [-0.25, -0.2) is 4.79 Å². The van der Waals surface area contributed by atoms with Crippen LogP contribution in [0.25, 0.3) is 11.5 Å². The maximum absolute atomic E-state index is 11.8. The van der Waals surface area contributed by atoms with Gasteiger partial charge >= 0.3 is 5.97 Å². The molecule has 1 aromatic carbocycles. The van der Waals surface area contributed by atoms with Gasteiger partial charge in [0.25, 0.3) is 5.89 Å². The van der Waals surface area contributed by atoms with Crippen molar-refractivity contribution in [3.8, 4) is 11.5 Å². The molecule has 0 saturated heterocycles. The molecule has 0 aliphatic carbocycles. The first-order valence-electron chi connectivity index (χ1n) is 6.56. The minimum absolute atomic E-state index is 0.161. The van der Waals surface area contributed by atoms with Crippen molar-refractivity contribution in [3.63, 3.8) is 0 Å². The van der Waals surface area contributed by atoms with E-state index in [9.17, 15) is 10.0 Å². The molecule has 2 aromatic heterocycles. The SMILES string of the molecule is O=C(OCc1nnc(-c2ccc(Cl)cc2)o1)c1cc[n+]([O-])cc1. The highest BCUT2D eigenvalue weighted by Gasteiger charge is 2.13. The summed E-state index contributed by atoms with van der Waals surface area (Å²) in [5.74, 6) is -0.116. The largest absolute Gasteiger partial charge is 0.619 e. The van der Waals surface area contributed by atoms with Crippen molar-refractivity contribution in [2.75, 3.05) is 0 Å². The molecular weight excluding hydrogens is 322 g/mol. The molecule has 0 bridgehead atoms. The third kappa shape index (κ3) is 3.64. The van der Waals surface area contributed by atoms with Gasteiger partial charge < -0.3 is 14.4 Å². The van der Waals surface area contributed by atoms with Gasteiger partial charge in [-0.15, -0.1) is 10.2 Å². The summed E-state index contributed by atoms with van der Waals surface area (Å²) in [5, 5.41) is 19.2. The molecule has 0 amide bonds. The average molecular weight is 332 g/mol. The standard InChI is InChI=1S/C15H10ClN3O4/c16-12-3-1-10(2-4-12)14-18-17-13(23-14)9-22-15(20)11-5-7-19(21)8-6-11/h1-8H,9H2. The Hall–Kier alpha value is -2.93. The molecule has 0 saturated carbocycles. The third-order valence-electron chi connectivity index (χ3n) is 2.92. The van der Waals surface area contributed by atoms with Crippen molar-refractivity contribution in [1.82, 2.24) is 10.2 Å². The quantitative estimate of drug-likeness (QED) is 0.414. The van der Waals surface area contributed by atoms with Gasteiger partial charge in [0.2, 0.25) is 5.89 Å². The molecule has 0 aliphatic heterocycles. The second kappa shape index (κ2) is 6.45. The zero-order chi connectivity index (χ0) is 16.2. The molecule has 0 spiro atoms. The fourth-order valence-electron chi connectivity index (χ4n) is 1.78. The number of nitrogens with zero attached hydrogens (tertiary/aromatic N) is 3. The smallest absolute Gasteiger partial charge is 0.339 e. The van der Waals surface area contributed by atoms with E-state index in [1.807, 2.05) is 0 Å². The van der Waals surface area contributed by atoms with Gasteiger partial charge in [0.1, 0.15) is 0 Å². The fraction of sp³-hybridized carbons (Fsp3) is 0.0667. The summed E-state index contributed by atoms with van der Waals surface area (Å²) in [6.07, 6.45) is 2.42. The van der Waals surface area contributed by atoms with E-state index in [1.54, 1.807) is 24.3 Å². The van der Waals surface area contributed by atoms with Gasteiger partial charge in [0.05, 0.1) is 5.56 Å². The molecule has 7 nitrogen and oxygen atoms in total. The summed E-state index contributed by atoms with van der Waals surface area (Å²) in [7, 11) is 0. The summed E-state index contributed by atoms with van der Waals surface area (Å²) in [5.41, 5.74) is 0.970. The van der Waals surface area contributed by atoms with Crippen molar-refractivity contribution < 1.29 is 18.7 Å². The molecular formula is C15H10ClN3O4. The number of rotatable bonds is 4. The number of hydrogen-bond acceptors (Lipinski definition) is 6. The molecule has 0 fully saturated rings. The van der Waals surface area contributed by atoms with Gasteiger partial charge in [-0.05, 0) is 24.3 Å². The highest BCUT2D eigenvalue weighted by molar-refractivity contribution is 6.30. The van der Waals surface area contributed by atoms with Crippen LogP contribution in [0.5, 0.6) is 0 Å². The molecule has 0 atom stereocenters.